The van der Waals surface area contributed by atoms with E-state index in [0.717, 1.165) is 37.7 Å². The Bertz CT molecular complexity index is 365. The third kappa shape index (κ3) is 9.47. The molecule has 0 aromatic heterocycles. The van der Waals surface area contributed by atoms with Crippen LogP contribution < -0.4 is 0 Å². The normalized spacial score (nSPS) is 17.5. The zero-order chi connectivity index (χ0) is 15.5. The molecule has 1 aliphatic rings. The quantitative estimate of drug-likeness (QED) is 0.517. The summed E-state index contributed by atoms with van der Waals surface area (Å²) in [5.74, 6) is 0.884. The van der Waals surface area contributed by atoms with Crippen LogP contribution in [-0.2, 0) is 14.3 Å². The minimum Gasteiger partial charge on any atom is -0.381 e. The molecule has 0 amide bonds. The molecule has 1 aliphatic heterocycles. The van der Waals surface area contributed by atoms with Crippen LogP contribution in [0.2, 0.25) is 0 Å². The maximum absolute atomic E-state index is 10.8. The molecule has 1 heterocycles. The molecule has 0 saturated carbocycles. The highest BCUT2D eigenvalue weighted by Gasteiger charge is 2.12. The van der Waals surface area contributed by atoms with Crippen LogP contribution in [0.3, 0.4) is 0 Å². The van der Waals surface area contributed by atoms with Gasteiger partial charge in [0, 0.05) is 19.6 Å². The molecule has 0 fully saturated rings. The Hall–Kier alpha value is -1.07. The molecule has 0 bridgehead atoms. The van der Waals surface area contributed by atoms with Crippen molar-refractivity contribution < 1.29 is 14.3 Å². The van der Waals surface area contributed by atoms with Gasteiger partial charge in [-0.05, 0) is 38.2 Å². The minimum absolute atomic E-state index is 0.113. The van der Waals surface area contributed by atoms with Crippen molar-refractivity contribution in [2.75, 3.05) is 26.4 Å². The smallest absolute Gasteiger partial charge is 0.132 e. The van der Waals surface area contributed by atoms with E-state index in [4.69, 9.17) is 9.47 Å². The summed E-state index contributed by atoms with van der Waals surface area (Å²) < 4.78 is 11.0. The van der Waals surface area contributed by atoms with Crippen molar-refractivity contribution in [2.24, 2.45) is 16.1 Å². The van der Waals surface area contributed by atoms with Crippen molar-refractivity contribution in [1.82, 2.24) is 0 Å². The minimum atomic E-state index is 0.113. The molecule has 0 aliphatic carbocycles. The van der Waals surface area contributed by atoms with Crippen molar-refractivity contribution in [2.45, 2.75) is 52.5 Å². The first kappa shape index (κ1) is 18.0. The molecule has 0 aromatic rings. The van der Waals surface area contributed by atoms with Crippen LogP contribution >= 0.6 is 0 Å². The van der Waals surface area contributed by atoms with Gasteiger partial charge in [0.2, 0.25) is 0 Å². The molecular weight excluding hydrogens is 268 g/mol. The predicted molar refractivity (Wildman–Crippen MR) is 82.4 cm³/mol. The van der Waals surface area contributed by atoms with Crippen LogP contribution in [0.25, 0.3) is 0 Å². The Morgan fingerprint density at radius 1 is 1.29 bits per heavy atom. The second-order valence-corrected chi connectivity index (χ2v) is 5.88. The highest BCUT2D eigenvalue weighted by atomic mass is 16.5. The molecule has 21 heavy (non-hydrogen) atoms. The molecule has 1 atom stereocenters. The molecule has 0 N–H and O–H groups in total. The molecule has 0 spiro atoms. The van der Waals surface area contributed by atoms with Crippen molar-refractivity contribution in [3.05, 3.63) is 11.8 Å². The molecule has 5 heteroatoms. The molecule has 0 radical (unpaired) electrons. The fourth-order valence-electron chi connectivity index (χ4n) is 1.95. The summed E-state index contributed by atoms with van der Waals surface area (Å²) in [7, 11) is 0. The Balaban J connectivity index is 2.02. The maximum atomic E-state index is 10.8. The molecular formula is C16H28N2O3. The number of ether oxygens (including phenoxy) is 2. The third-order valence-electron chi connectivity index (χ3n) is 3.20. The lowest BCUT2D eigenvalue weighted by molar-refractivity contribution is -0.117. The van der Waals surface area contributed by atoms with Crippen molar-refractivity contribution in [3.63, 3.8) is 0 Å². The topological polar surface area (TPSA) is 60.2 Å². The number of ketones is 1. The van der Waals surface area contributed by atoms with Gasteiger partial charge in [0.25, 0.3) is 0 Å². The fourth-order valence-corrected chi connectivity index (χ4v) is 1.95. The summed E-state index contributed by atoms with van der Waals surface area (Å²) in [4.78, 5) is 10.8. The van der Waals surface area contributed by atoms with E-state index in [1.54, 1.807) is 6.92 Å². The van der Waals surface area contributed by atoms with E-state index in [1.165, 1.54) is 6.42 Å². The highest BCUT2D eigenvalue weighted by molar-refractivity contribution is 5.75. The van der Waals surface area contributed by atoms with E-state index in [9.17, 15) is 4.79 Å². The van der Waals surface area contributed by atoms with Crippen molar-refractivity contribution >= 4 is 5.78 Å². The Labute approximate surface area is 127 Å². The Kier molecular flexibility index (Phi) is 9.10. The van der Waals surface area contributed by atoms with Crippen molar-refractivity contribution in [1.29, 1.82) is 0 Å². The number of hydrogen-bond acceptors (Lipinski definition) is 5. The second kappa shape index (κ2) is 10.6. The molecule has 0 saturated heterocycles. The number of Topliss-reactive ketones (excluding diaryl/α,β-unsaturated/α-hetero) is 1. The number of rotatable bonds is 12. The summed E-state index contributed by atoms with van der Waals surface area (Å²) in [5.41, 5.74) is 0.850. The van der Waals surface area contributed by atoms with E-state index < -0.39 is 0 Å². The van der Waals surface area contributed by atoms with E-state index in [0.29, 0.717) is 19.6 Å². The van der Waals surface area contributed by atoms with Gasteiger partial charge in [0.15, 0.2) is 0 Å². The van der Waals surface area contributed by atoms with Gasteiger partial charge in [0.1, 0.15) is 5.78 Å². The average Bonchev–Trinajstić information content (AvgIpc) is 2.86. The van der Waals surface area contributed by atoms with E-state index in [2.05, 4.69) is 24.1 Å². The molecule has 1 rings (SSSR count). The van der Waals surface area contributed by atoms with Gasteiger partial charge in [-0.25, -0.2) is 0 Å². The van der Waals surface area contributed by atoms with Gasteiger partial charge >= 0.3 is 0 Å². The standard InChI is InChI=1S/C16H28N2O3/c1-13(2)5-4-8-20-10-7-15-11-16(18-17-15)12-21-9-6-14(3)19/h11,13,15H,4-10,12H2,1-3H3. The summed E-state index contributed by atoms with van der Waals surface area (Å²) >= 11 is 0. The van der Waals surface area contributed by atoms with Gasteiger partial charge in [-0.3, -0.25) is 4.79 Å². The van der Waals surface area contributed by atoms with Crippen LogP contribution in [0.5, 0.6) is 0 Å². The number of hydrogen-bond donors (Lipinski definition) is 0. The summed E-state index contributed by atoms with van der Waals surface area (Å²) in [6, 6.07) is 0.113. The summed E-state index contributed by atoms with van der Waals surface area (Å²) in [5, 5.41) is 8.28. The first-order valence-corrected chi connectivity index (χ1v) is 7.84. The Morgan fingerprint density at radius 3 is 2.81 bits per heavy atom. The number of carbonyl (C=O) groups excluding carboxylic acids is 1. The number of nitrogens with zero attached hydrogens (tertiary/aromatic N) is 2. The molecule has 120 valence electrons. The van der Waals surface area contributed by atoms with Gasteiger partial charge < -0.3 is 9.47 Å². The highest BCUT2D eigenvalue weighted by Crippen LogP contribution is 2.16. The van der Waals surface area contributed by atoms with Crippen molar-refractivity contribution in [3.8, 4) is 0 Å². The maximum Gasteiger partial charge on any atom is 0.132 e. The van der Waals surface area contributed by atoms with Crippen LogP contribution in [0.15, 0.2) is 22.0 Å². The molecule has 0 aromatic carbocycles. The van der Waals surface area contributed by atoms with Gasteiger partial charge in [-0.2, -0.15) is 10.2 Å². The van der Waals surface area contributed by atoms with E-state index >= 15 is 0 Å². The lowest BCUT2D eigenvalue weighted by Crippen LogP contribution is -2.06. The van der Waals surface area contributed by atoms with Crippen LogP contribution in [0.4, 0.5) is 0 Å². The third-order valence-corrected chi connectivity index (χ3v) is 3.20. The lowest BCUT2D eigenvalue weighted by Gasteiger charge is -2.07. The molecule has 5 nitrogen and oxygen atoms in total. The van der Waals surface area contributed by atoms with Crippen LogP contribution in [0, 0.1) is 5.92 Å². The zero-order valence-electron chi connectivity index (χ0n) is 13.5. The average molecular weight is 296 g/mol. The number of azo groups is 1. The molecule has 1 unspecified atom stereocenters. The van der Waals surface area contributed by atoms with E-state index in [1.807, 2.05) is 6.08 Å². The first-order valence-electron chi connectivity index (χ1n) is 7.84. The summed E-state index contributed by atoms with van der Waals surface area (Å²) in [6.07, 6.45) is 5.67. The fraction of sp³-hybridized carbons (Fsp3) is 0.812. The monoisotopic (exact) mass is 296 g/mol. The zero-order valence-corrected chi connectivity index (χ0v) is 13.5. The summed E-state index contributed by atoms with van der Waals surface area (Å²) in [6.45, 7) is 8.44. The largest absolute Gasteiger partial charge is 0.381 e. The SMILES string of the molecule is CC(=O)CCOCC1=CC(CCOCCCC(C)C)N=N1. The first-order chi connectivity index (χ1) is 10.1. The van der Waals surface area contributed by atoms with Crippen LogP contribution in [0.1, 0.15) is 46.5 Å². The predicted octanol–water partition coefficient (Wildman–Crippen LogP) is 3.54. The lowest BCUT2D eigenvalue weighted by atomic mass is 10.1. The van der Waals surface area contributed by atoms with Crippen LogP contribution in [-0.4, -0.2) is 38.3 Å². The van der Waals surface area contributed by atoms with Gasteiger partial charge in [-0.1, -0.05) is 13.8 Å². The van der Waals surface area contributed by atoms with E-state index in [-0.39, 0.29) is 11.8 Å². The Morgan fingerprint density at radius 2 is 2.10 bits per heavy atom. The van der Waals surface area contributed by atoms with Gasteiger partial charge in [0.05, 0.1) is 25.0 Å². The van der Waals surface area contributed by atoms with Gasteiger partial charge in [-0.15, -0.1) is 0 Å². The number of carbonyl (C=O) groups is 1. The second-order valence-electron chi connectivity index (χ2n) is 5.88.